The van der Waals surface area contributed by atoms with Crippen molar-refractivity contribution < 1.29 is 0 Å². The number of hydrogen-bond donors (Lipinski definition) is 0. The first-order valence-electron chi connectivity index (χ1n) is 6.42. The second-order valence-corrected chi connectivity index (χ2v) is 6.49. The van der Waals surface area contributed by atoms with Crippen LogP contribution in [0.4, 0.5) is 0 Å². The van der Waals surface area contributed by atoms with E-state index in [1.165, 1.54) is 23.1 Å². The summed E-state index contributed by atoms with van der Waals surface area (Å²) in [6, 6.07) is 8.96. The summed E-state index contributed by atoms with van der Waals surface area (Å²) in [6.07, 6.45) is 5.71. The summed E-state index contributed by atoms with van der Waals surface area (Å²) in [5.41, 5.74) is 4.37. The van der Waals surface area contributed by atoms with E-state index in [0.29, 0.717) is 0 Å². The molecule has 0 N–H and O–H groups in total. The lowest BCUT2D eigenvalue weighted by atomic mass is 9.85. The molecule has 0 amide bonds. The lowest BCUT2D eigenvalue weighted by molar-refractivity contribution is 0.590. The fourth-order valence-corrected chi connectivity index (χ4v) is 2.60. The molecule has 0 nitrogen and oxygen atoms in total. The second kappa shape index (κ2) is 4.86. The highest BCUT2D eigenvalue weighted by molar-refractivity contribution is 6.22. The van der Waals surface area contributed by atoms with E-state index in [4.69, 9.17) is 11.6 Å². The molecule has 0 radical (unpaired) electrons. The first-order chi connectivity index (χ1) is 7.97. The minimum absolute atomic E-state index is 0.223. The molecule has 92 valence electrons. The molecule has 0 heterocycles. The van der Waals surface area contributed by atoms with Crippen LogP contribution < -0.4 is 0 Å². The van der Waals surface area contributed by atoms with Crippen molar-refractivity contribution in [3.8, 4) is 0 Å². The molecule has 2 rings (SSSR count). The van der Waals surface area contributed by atoms with Gasteiger partial charge in [0.25, 0.3) is 0 Å². The third-order valence-electron chi connectivity index (χ3n) is 3.43. The van der Waals surface area contributed by atoms with Gasteiger partial charge in [-0.3, -0.25) is 0 Å². The summed E-state index contributed by atoms with van der Waals surface area (Å²) in [4.78, 5) is 0. The number of benzene rings is 1. The highest BCUT2D eigenvalue weighted by atomic mass is 35.5. The van der Waals surface area contributed by atoms with Crippen molar-refractivity contribution in [2.75, 3.05) is 0 Å². The molecule has 0 bridgehead atoms. The van der Waals surface area contributed by atoms with Crippen LogP contribution in [0.1, 0.15) is 51.2 Å². The van der Waals surface area contributed by atoms with Crippen molar-refractivity contribution in [1.29, 1.82) is 0 Å². The van der Waals surface area contributed by atoms with E-state index in [1.54, 1.807) is 0 Å². The topological polar surface area (TPSA) is 0 Å². The summed E-state index contributed by atoms with van der Waals surface area (Å²) in [7, 11) is 0. The van der Waals surface area contributed by atoms with Gasteiger partial charge < -0.3 is 0 Å². The van der Waals surface area contributed by atoms with Crippen LogP contribution in [0, 0.1) is 0 Å². The Bertz CT molecular complexity index is 406. The van der Waals surface area contributed by atoms with Gasteiger partial charge in [-0.25, -0.2) is 0 Å². The van der Waals surface area contributed by atoms with Crippen LogP contribution in [-0.4, -0.2) is 5.38 Å². The van der Waals surface area contributed by atoms with Crippen LogP contribution in [0.2, 0.25) is 0 Å². The average molecular weight is 249 g/mol. The summed E-state index contributed by atoms with van der Waals surface area (Å²) in [5, 5.41) is 0.223. The lowest BCUT2D eigenvalue weighted by Gasteiger charge is -2.21. The summed E-state index contributed by atoms with van der Waals surface area (Å²) >= 11 is 6.19. The summed E-state index contributed by atoms with van der Waals surface area (Å²) in [6.45, 7) is 6.74. The van der Waals surface area contributed by atoms with E-state index >= 15 is 0 Å². The lowest BCUT2D eigenvalue weighted by Crippen LogP contribution is -2.10. The Morgan fingerprint density at radius 3 is 2.29 bits per heavy atom. The van der Waals surface area contributed by atoms with Crippen molar-refractivity contribution in [1.82, 2.24) is 0 Å². The molecule has 1 atom stereocenters. The van der Waals surface area contributed by atoms with E-state index < -0.39 is 0 Å². The largest absolute Gasteiger partial charge is 0.118 e. The Hall–Kier alpha value is -0.750. The first kappa shape index (κ1) is 12.7. The van der Waals surface area contributed by atoms with Crippen molar-refractivity contribution >= 4 is 17.2 Å². The molecule has 0 saturated heterocycles. The van der Waals surface area contributed by atoms with Gasteiger partial charge >= 0.3 is 0 Å². The monoisotopic (exact) mass is 248 g/mol. The molecule has 1 aliphatic carbocycles. The van der Waals surface area contributed by atoms with Crippen LogP contribution >= 0.6 is 11.6 Å². The maximum atomic E-state index is 6.19. The molecule has 17 heavy (non-hydrogen) atoms. The SMILES string of the molecule is CC(C)(C)c1ccc(C2=CC(Cl)CCC2)cc1. The van der Waals surface area contributed by atoms with E-state index in [1.807, 2.05) is 0 Å². The smallest absolute Gasteiger partial charge is 0.0522 e. The van der Waals surface area contributed by atoms with Crippen LogP contribution in [0.25, 0.3) is 5.57 Å². The van der Waals surface area contributed by atoms with E-state index in [-0.39, 0.29) is 10.8 Å². The molecule has 1 aromatic rings. The summed E-state index contributed by atoms with van der Waals surface area (Å²) < 4.78 is 0. The predicted molar refractivity (Wildman–Crippen MR) is 76.6 cm³/mol. The van der Waals surface area contributed by atoms with Crippen molar-refractivity contribution in [2.24, 2.45) is 0 Å². The Kier molecular flexibility index (Phi) is 3.63. The van der Waals surface area contributed by atoms with Gasteiger partial charge in [-0.05, 0) is 41.4 Å². The number of halogens is 1. The third-order valence-corrected chi connectivity index (χ3v) is 3.77. The maximum absolute atomic E-state index is 6.19. The van der Waals surface area contributed by atoms with Crippen LogP contribution in [0.5, 0.6) is 0 Å². The molecule has 1 aromatic carbocycles. The zero-order valence-corrected chi connectivity index (χ0v) is 11.7. The first-order valence-corrected chi connectivity index (χ1v) is 6.86. The Balaban J connectivity index is 2.24. The molecule has 0 spiro atoms. The molecule has 1 heteroatoms. The van der Waals surface area contributed by atoms with Crippen molar-refractivity contribution in [3.63, 3.8) is 0 Å². The standard InChI is InChI=1S/C16H21Cl/c1-16(2,3)14-9-7-12(8-10-14)13-5-4-6-15(17)11-13/h7-11,15H,4-6H2,1-3H3. The Morgan fingerprint density at radius 1 is 1.12 bits per heavy atom. The van der Waals surface area contributed by atoms with Gasteiger partial charge in [-0.2, -0.15) is 0 Å². The fraction of sp³-hybridized carbons (Fsp3) is 0.500. The van der Waals surface area contributed by atoms with Gasteiger partial charge in [0.1, 0.15) is 0 Å². The highest BCUT2D eigenvalue weighted by Gasteiger charge is 2.15. The minimum Gasteiger partial charge on any atom is -0.118 e. The van der Waals surface area contributed by atoms with E-state index in [0.717, 1.165) is 12.8 Å². The zero-order valence-electron chi connectivity index (χ0n) is 11.0. The molecule has 0 aromatic heterocycles. The molecular formula is C16H21Cl. The molecule has 0 saturated carbocycles. The number of hydrogen-bond acceptors (Lipinski definition) is 0. The molecule has 1 unspecified atom stereocenters. The predicted octanol–water partition coefficient (Wildman–Crippen LogP) is 5.16. The fourth-order valence-electron chi connectivity index (χ4n) is 2.30. The molecule has 0 aliphatic heterocycles. The van der Waals surface area contributed by atoms with Crippen molar-refractivity contribution in [3.05, 3.63) is 41.5 Å². The van der Waals surface area contributed by atoms with E-state index in [2.05, 4.69) is 51.1 Å². The minimum atomic E-state index is 0.223. The van der Waals surface area contributed by atoms with Crippen molar-refractivity contribution in [2.45, 2.75) is 50.8 Å². The highest BCUT2D eigenvalue weighted by Crippen LogP contribution is 2.30. The van der Waals surface area contributed by atoms with Crippen LogP contribution in [-0.2, 0) is 5.41 Å². The number of allylic oxidation sites excluding steroid dienone is 2. The number of alkyl halides is 1. The van der Waals surface area contributed by atoms with Gasteiger partial charge in [0.2, 0.25) is 0 Å². The van der Waals surface area contributed by atoms with Gasteiger partial charge in [0, 0.05) is 0 Å². The molecule has 0 fully saturated rings. The van der Waals surface area contributed by atoms with Gasteiger partial charge in [-0.15, -0.1) is 11.6 Å². The maximum Gasteiger partial charge on any atom is 0.0522 e. The quantitative estimate of drug-likeness (QED) is 0.603. The Morgan fingerprint density at radius 2 is 1.76 bits per heavy atom. The average Bonchev–Trinajstić information content (AvgIpc) is 2.28. The Labute approximate surface area is 110 Å². The molecular weight excluding hydrogens is 228 g/mol. The zero-order chi connectivity index (χ0) is 12.5. The summed E-state index contributed by atoms with van der Waals surface area (Å²) in [5.74, 6) is 0. The van der Waals surface area contributed by atoms with Gasteiger partial charge in [0.05, 0.1) is 5.38 Å². The normalized spacial score (nSPS) is 21.2. The third kappa shape index (κ3) is 3.13. The van der Waals surface area contributed by atoms with Crippen LogP contribution in [0.3, 0.4) is 0 Å². The number of rotatable bonds is 1. The second-order valence-electron chi connectivity index (χ2n) is 5.93. The van der Waals surface area contributed by atoms with Gasteiger partial charge in [0.15, 0.2) is 0 Å². The molecule has 1 aliphatic rings. The van der Waals surface area contributed by atoms with E-state index in [9.17, 15) is 0 Å². The van der Waals surface area contributed by atoms with Gasteiger partial charge in [-0.1, -0.05) is 51.1 Å². The van der Waals surface area contributed by atoms with Crippen LogP contribution in [0.15, 0.2) is 30.3 Å².